The van der Waals surface area contributed by atoms with Crippen LogP contribution in [-0.4, -0.2) is 62.8 Å². The van der Waals surface area contributed by atoms with E-state index in [1.807, 2.05) is 4.90 Å². The quantitative estimate of drug-likeness (QED) is 0.355. The summed E-state index contributed by atoms with van der Waals surface area (Å²) in [5, 5.41) is 0. The lowest BCUT2D eigenvalue weighted by atomic mass is 10.1. The van der Waals surface area contributed by atoms with Crippen molar-refractivity contribution >= 4 is 10.0 Å². The van der Waals surface area contributed by atoms with Crippen molar-refractivity contribution in [3.63, 3.8) is 0 Å². The van der Waals surface area contributed by atoms with Crippen molar-refractivity contribution in [3.05, 3.63) is 71.0 Å². The molecule has 0 saturated carbocycles. The van der Waals surface area contributed by atoms with E-state index in [9.17, 15) is 26.0 Å². The molecule has 0 atom stereocenters. The summed E-state index contributed by atoms with van der Waals surface area (Å²) < 4.78 is 82.3. The maximum atomic E-state index is 13.1. The fourth-order valence-corrected chi connectivity index (χ4v) is 4.50. The number of rotatable bonds is 11. The second kappa shape index (κ2) is 10.9. The molecule has 1 heterocycles. The first-order valence-corrected chi connectivity index (χ1v) is 12.6. The molecule has 0 aliphatic carbocycles. The van der Waals surface area contributed by atoms with E-state index >= 15 is 0 Å². The predicted octanol–water partition coefficient (Wildman–Crippen LogP) is 3.94. The lowest BCUT2D eigenvalue weighted by molar-refractivity contribution is -0.137. The summed E-state index contributed by atoms with van der Waals surface area (Å²) in [6.45, 7) is 2.65. The third-order valence-electron chi connectivity index (χ3n) is 5.55. The molecule has 10 heteroatoms. The molecular formula is C23H28F4N2O3S. The first-order valence-electron chi connectivity index (χ1n) is 10.7. The average Bonchev–Trinajstić information content (AvgIpc) is 2.70. The first-order chi connectivity index (χ1) is 15.5. The van der Waals surface area contributed by atoms with Crippen molar-refractivity contribution in [3.8, 4) is 0 Å². The number of ether oxygens (including phenoxy) is 1. The number of benzene rings is 2. The lowest BCUT2D eigenvalue weighted by Crippen LogP contribution is -2.54. The molecule has 0 aromatic heterocycles. The second-order valence-electron chi connectivity index (χ2n) is 8.28. The number of nitrogens with zero attached hydrogens (tertiary/aromatic N) is 2. The SMILES string of the molecule is CS(=O)(=O)N1CC(OCCCN(CCc2ccc(F)cc2)Cc2cccc(C(F)(F)F)c2)C1. The van der Waals surface area contributed by atoms with Crippen LogP contribution in [0.3, 0.4) is 0 Å². The monoisotopic (exact) mass is 488 g/mol. The van der Waals surface area contributed by atoms with Gasteiger partial charge in [-0.1, -0.05) is 30.3 Å². The topological polar surface area (TPSA) is 49.9 Å². The number of sulfonamides is 1. The summed E-state index contributed by atoms with van der Waals surface area (Å²) in [7, 11) is -3.19. The van der Waals surface area contributed by atoms with Gasteiger partial charge in [-0.15, -0.1) is 0 Å². The van der Waals surface area contributed by atoms with E-state index in [1.54, 1.807) is 18.2 Å². The Balaban J connectivity index is 1.54. The number of hydrogen-bond donors (Lipinski definition) is 0. The van der Waals surface area contributed by atoms with Gasteiger partial charge in [0.2, 0.25) is 10.0 Å². The maximum Gasteiger partial charge on any atom is 0.416 e. The smallest absolute Gasteiger partial charge is 0.375 e. The van der Waals surface area contributed by atoms with Gasteiger partial charge in [0.1, 0.15) is 5.82 Å². The van der Waals surface area contributed by atoms with Crippen molar-refractivity contribution in [2.45, 2.75) is 31.7 Å². The van der Waals surface area contributed by atoms with Crippen LogP contribution in [0.15, 0.2) is 48.5 Å². The Hall–Kier alpha value is -2.01. The van der Waals surface area contributed by atoms with Gasteiger partial charge in [0, 0.05) is 39.3 Å². The molecule has 0 spiro atoms. The van der Waals surface area contributed by atoms with E-state index in [-0.39, 0.29) is 11.9 Å². The highest BCUT2D eigenvalue weighted by Crippen LogP contribution is 2.29. The number of hydrogen-bond acceptors (Lipinski definition) is 4. The van der Waals surface area contributed by atoms with E-state index < -0.39 is 21.8 Å². The zero-order chi connectivity index (χ0) is 24.1. The third kappa shape index (κ3) is 8.06. The minimum Gasteiger partial charge on any atom is -0.375 e. The van der Waals surface area contributed by atoms with Crippen LogP contribution >= 0.6 is 0 Å². The van der Waals surface area contributed by atoms with Crippen LogP contribution in [0.5, 0.6) is 0 Å². The summed E-state index contributed by atoms with van der Waals surface area (Å²) in [4.78, 5) is 2.05. The molecule has 1 aliphatic rings. The van der Waals surface area contributed by atoms with Gasteiger partial charge in [0.05, 0.1) is 17.9 Å². The van der Waals surface area contributed by atoms with Crippen molar-refractivity contribution in [1.29, 1.82) is 0 Å². The lowest BCUT2D eigenvalue weighted by Gasteiger charge is -2.36. The second-order valence-corrected chi connectivity index (χ2v) is 10.3. The summed E-state index contributed by atoms with van der Waals surface area (Å²) >= 11 is 0. The van der Waals surface area contributed by atoms with E-state index in [0.717, 1.165) is 24.0 Å². The van der Waals surface area contributed by atoms with Gasteiger partial charge in [-0.3, -0.25) is 4.90 Å². The molecular weight excluding hydrogens is 460 g/mol. The highest BCUT2D eigenvalue weighted by atomic mass is 32.2. The van der Waals surface area contributed by atoms with Gasteiger partial charge in [0.25, 0.3) is 0 Å². The number of halogens is 4. The summed E-state index contributed by atoms with van der Waals surface area (Å²) in [6, 6.07) is 11.5. The molecule has 2 aromatic carbocycles. The summed E-state index contributed by atoms with van der Waals surface area (Å²) in [6.07, 6.45) is -2.08. The van der Waals surface area contributed by atoms with Crippen LogP contribution in [0.1, 0.15) is 23.1 Å². The van der Waals surface area contributed by atoms with Crippen LogP contribution in [0.2, 0.25) is 0 Å². The Morgan fingerprint density at radius 3 is 2.39 bits per heavy atom. The molecule has 0 amide bonds. The standard InChI is InChI=1S/C23H28F4N2O3S/c1-33(30,31)29-16-22(17-29)32-13-3-11-28(12-10-18-6-8-21(24)9-7-18)15-19-4-2-5-20(14-19)23(25,26)27/h2,4-9,14,22H,3,10-13,15-17H2,1H3. The van der Waals surface area contributed by atoms with E-state index in [1.165, 1.54) is 22.5 Å². The highest BCUT2D eigenvalue weighted by molar-refractivity contribution is 7.88. The van der Waals surface area contributed by atoms with Gasteiger partial charge >= 0.3 is 6.18 Å². The van der Waals surface area contributed by atoms with Crippen molar-refractivity contribution in [2.24, 2.45) is 0 Å². The van der Waals surface area contributed by atoms with Crippen molar-refractivity contribution < 1.29 is 30.7 Å². The molecule has 0 unspecified atom stereocenters. The summed E-state index contributed by atoms with van der Waals surface area (Å²) in [5.74, 6) is -0.317. The van der Waals surface area contributed by atoms with E-state index in [4.69, 9.17) is 4.74 Å². The third-order valence-corrected chi connectivity index (χ3v) is 6.78. The van der Waals surface area contributed by atoms with Crippen LogP contribution in [0.4, 0.5) is 17.6 Å². The van der Waals surface area contributed by atoms with Crippen LogP contribution in [-0.2, 0) is 33.9 Å². The van der Waals surface area contributed by atoms with Gasteiger partial charge < -0.3 is 4.74 Å². The molecule has 1 saturated heterocycles. The molecule has 0 bridgehead atoms. The Morgan fingerprint density at radius 1 is 1.06 bits per heavy atom. The largest absolute Gasteiger partial charge is 0.416 e. The fraction of sp³-hybridized carbons (Fsp3) is 0.478. The van der Waals surface area contributed by atoms with Crippen LogP contribution < -0.4 is 0 Å². The highest BCUT2D eigenvalue weighted by Gasteiger charge is 2.33. The minimum absolute atomic E-state index is 0.129. The Labute approximate surface area is 192 Å². The Kier molecular flexibility index (Phi) is 8.49. The minimum atomic E-state index is -4.40. The average molecular weight is 489 g/mol. The van der Waals surface area contributed by atoms with E-state index in [2.05, 4.69) is 0 Å². The maximum absolute atomic E-state index is 13.1. The molecule has 33 heavy (non-hydrogen) atoms. The van der Waals surface area contributed by atoms with Crippen LogP contribution in [0, 0.1) is 5.82 Å². The zero-order valence-electron chi connectivity index (χ0n) is 18.4. The molecule has 3 rings (SSSR count). The molecule has 0 N–H and O–H groups in total. The predicted molar refractivity (Wildman–Crippen MR) is 118 cm³/mol. The van der Waals surface area contributed by atoms with Gasteiger partial charge in [-0.05, 0) is 42.2 Å². The number of alkyl halides is 3. The zero-order valence-corrected chi connectivity index (χ0v) is 19.2. The molecule has 2 aromatic rings. The molecule has 5 nitrogen and oxygen atoms in total. The normalized spacial score (nSPS) is 15.7. The van der Waals surface area contributed by atoms with E-state index in [0.29, 0.717) is 57.7 Å². The molecule has 0 radical (unpaired) electrons. The van der Waals surface area contributed by atoms with Gasteiger partial charge in [0.15, 0.2) is 0 Å². The van der Waals surface area contributed by atoms with Crippen LogP contribution in [0.25, 0.3) is 0 Å². The Bertz CT molecular complexity index is 1010. The first kappa shape index (κ1) is 25.6. The fourth-order valence-electron chi connectivity index (χ4n) is 3.63. The van der Waals surface area contributed by atoms with Crippen molar-refractivity contribution in [2.75, 3.05) is 39.0 Å². The van der Waals surface area contributed by atoms with Gasteiger partial charge in [-0.2, -0.15) is 17.5 Å². The molecule has 182 valence electrons. The Morgan fingerprint density at radius 2 is 1.76 bits per heavy atom. The molecule has 1 aliphatic heterocycles. The molecule has 1 fully saturated rings. The van der Waals surface area contributed by atoms with Gasteiger partial charge in [-0.25, -0.2) is 12.8 Å². The summed E-state index contributed by atoms with van der Waals surface area (Å²) in [5.41, 5.74) is 0.826. The van der Waals surface area contributed by atoms with Crippen molar-refractivity contribution in [1.82, 2.24) is 9.21 Å².